The van der Waals surface area contributed by atoms with Crippen molar-refractivity contribution in [3.63, 3.8) is 0 Å². The number of nitrogens with zero attached hydrogens (tertiary/aromatic N) is 1. The van der Waals surface area contributed by atoms with Gasteiger partial charge in [0, 0.05) is 6.20 Å². The fourth-order valence-electron chi connectivity index (χ4n) is 0.586. The van der Waals surface area contributed by atoms with Crippen molar-refractivity contribution < 1.29 is 4.55 Å². The van der Waals surface area contributed by atoms with Gasteiger partial charge in [0.2, 0.25) is 0 Å². The van der Waals surface area contributed by atoms with E-state index in [9.17, 15) is 4.55 Å². The smallest absolute Gasteiger partial charge is 0.189 e. The Balaban J connectivity index is 3.03. The van der Waals surface area contributed by atoms with Crippen molar-refractivity contribution in [3.8, 4) is 0 Å². The second-order valence-corrected chi connectivity index (χ2v) is 3.45. The second-order valence-electron chi connectivity index (χ2n) is 1.75. The number of pyridine rings is 1. The molecule has 0 saturated carbocycles. The first kappa shape index (κ1) is 7.85. The molecule has 54 valence electrons. The molecule has 1 atom stereocenters. The maximum atomic E-state index is 10.9. The molecule has 0 aliphatic rings. The summed E-state index contributed by atoms with van der Waals surface area (Å²) in [5, 5.41) is 0.323. The van der Waals surface area contributed by atoms with Crippen molar-refractivity contribution in [1.82, 2.24) is 4.98 Å². The minimum atomic E-state index is -1.03. The van der Waals surface area contributed by atoms with Gasteiger partial charge < -0.3 is 4.55 Å². The van der Waals surface area contributed by atoms with E-state index in [2.05, 4.69) is 4.98 Å². The molecule has 0 amide bonds. The molecule has 4 heteroatoms. The first-order valence-corrected chi connectivity index (χ1v) is 4.59. The highest BCUT2D eigenvalue weighted by atomic mass is 35.5. The Kier molecular flexibility index (Phi) is 2.54. The van der Waals surface area contributed by atoms with Gasteiger partial charge in [-0.05, 0) is 23.3 Å². The predicted octanol–water partition coefficient (Wildman–Crippen LogP) is 1.47. The van der Waals surface area contributed by atoms with E-state index in [0.717, 1.165) is 0 Å². The van der Waals surface area contributed by atoms with E-state index >= 15 is 0 Å². The summed E-state index contributed by atoms with van der Waals surface area (Å²) in [5.74, 6) is 0. The van der Waals surface area contributed by atoms with Crippen LogP contribution in [0.1, 0.15) is 0 Å². The van der Waals surface area contributed by atoms with E-state index in [1.807, 2.05) is 0 Å². The third-order valence-electron chi connectivity index (χ3n) is 1.03. The van der Waals surface area contributed by atoms with Gasteiger partial charge in [0.15, 0.2) is 10.0 Å². The molecule has 0 bridgehead atoms. The summed E-state index contributed by atoms with van der Waals surface area (Å²) >= 11 is 4.58. The summed E-state index contributed by atoms with van der Waals surface area (Å²) in [5.41, 5.74) is 0. The molecule has 0 spiro atoms. The molecule has 0 aliphatic heterocycles. The SMILES string of the molecule is C[S+]([O-])c1cccnc1Cl. The number of aromatic nitrogens is 1. The highest BCUT2D eigenvalue weighted by Gasteiger charge is 2.08. The van der Waals surface area contributed by atoms with Gasteiger partial charge in [-0.25, -0.2) is 4.98 Å². The van der Waals surface area contributed by atoms with Gasteiger partial charge in [-0.15, -0.1) is 0 Å². The zero-order valence-electron chi connectivity index (χ0n) is 5.37. The average molecular weight is 176 g/mol. The quantitative estimate of drug-likeness (QED) is 0.479. The predicted molar refractivity (Wildman–Crippen MR) is 41.6 cm³/mol. The first-order valence-electron chi connectivity index (χ1n) is 2.66. The van der Waals surface area contributed by atoms with Gasteiger partial charge in [0.05, 0.1) is 0 Å². The summed E-state index contributed by atoms with van der Waals surface area (Å²) in [4.78, 5) is 4.36. The largest absolute Gasteiger partial charge is 0.612 e. The lowest BCUT2D eigenvalue weighted by atomic mass is 10.5. The van der Waals surface area contributed by atoms with Crippen molar-refractivity contribution in [2.45, 2.75) is 4.90 Å². The molecule has 1 rings (SSSR count). The van der Waals surface area contributed by atoms with Crippen LogP contribution in [0.25, 0.3) is 0 Å². The number of halogens is 1. The third kappa shape index (κ3) is 1.62. The van der Waals surface area contributed by atoms with Gasteiger partial charge in [-0.1, -0.05) is 11.6 Å². The van der Waals surface area contributed by atoms with Crippen molar-refractivity contribution >= 4 is 22.8 Å². The van der Waals surface area contributed by atoms with Gasteiger partial charge in [0.25, 0.3) is 0 Å². The van der Waals surface area contributed by atoms with Crippen LogP contribution in [0.5, 0.6) is 0 Å². The molecular weight excluding hydrogens is 170 g/mol. The molecule has 0 fully saturated rings. The second kappa shape index (κ2) is 3.23. The maximum Gasteiger partial charge on any atom is 0.189 e. The first-order chi connectivity index (χ1) is 4.72. The molecule has 1 unspecified atom stereocenters. The van der Waals surface area contributed by atoms with Crippen molar-refractivity contribution in [3.05, 3.63) is 23.5 Å². The number of rotatable bonds is 1. The van der Waals surface area contributed by atoms with E-state index in [-0.39, 0.29) is 0 Å². The molecule has 0 radical (unpaired) electrons. The maximum absolute atomic E-state index is 10.9. The van der Waals surface area contributed by atoms with Gasteiger partial charge in [-0.2, -0.15) is 0 Å². The molecule has 10 heavy (non-hydrogen) atoms. The normalized spacial score (nSPS) is 13.1. The van der Waals surface area contributed by atoms with E-state index in [4.69, 9.17) is 11.6 Å². The average Bonchev–Trinajstić information content (AvgIpc) is 1.88. The standard InChI is InChI=1S/C6H6ClNOS/c1-10(9)5-3-2-4-8-6(5)7/h2-4H,1H3. The zero-order chi connectivity index (χ0) is 7.56. The fraction of sp³-hybridized carbons (Fsp3) is 0.167. The van der Waals surface area contributed by atoms with E-state index in [1.165, 1.54) is 0 Å². The van der Waals surface area contributed by atoms with Gasteiger partial charge in [0.1, 0.15) is 6.26 Å². The lowest BCUT2D eigenvalue weighted by Gasteiger charge is -2.03. The summed E-state index contributed by atoms with van der Waals surface area (Å²) in [6.07, 6.45) is 3.14. The van der Waals surface area contributed by atoms with Crippen molar-refractivity contribution in [1.29, 1.82) is 0 Å². The summed E-state index contributed by atoms with van der Waals surface area (Å²) in [7, 11) is 0. The van der Waals surface area contributed by atoms with Crippen LogP contribution in [-0.2, 0) is 11.2 Å². The Bertz CT molecular complexity index is 229. The van der Waals surface area contributed by atoms with Crippen LogP contribution >= 0.6 is 11.6 Å². The lowest BCUT2D eigenvalue weighted by Crippen LogP contribution is -1.98. The molecule has 1 aromatic heterocycles. The minimum absolute atomic E-state index is 0.323. The molecule has 0 N–H and O–H groups in total. The van der Waals surface area contributed by atoms with Crippen LogP contribution in [0.4, 0.5) is 0 Å². The Morgan fingerprint density at radius 1 is 1.70 bits per heavy atom. The van der Waals surface area contributed by atoms with Crippen LogP contribution in [0, 0.1) is 0 Å². The minimum Gasteiger partial charge on any atom is -0.612 e. The summed E-state index contributed by atoms with van der Waals surface area (Å²) in [6, 6.07) is 3.41. The van der Waals surface area contributed by atoms with Crippen molar-refractivity contribution in [2.24, 2.45) is 0 Å². The van der Waals surface area contributed by atoms with Crippen LogP contribution in [0.2, 0.25) is 5.15 Å². The van der Waals surface area contributed by atoms with Crippen molar-refractivity contribution in [2.75, 3.05) is 6.26 Å². The Morgan fingerprint density at radius 3 is 2.80 bits per heavy atom. The van der Waals surface area contributed by atoms with E-state index in [1.54, 1.807) is 24.6 Å². The molecule has 0 aromatic carbocycles. The Hall–Kier alpha value is -0.250. The fourth-order valence-corrected chi connectivity index (χ4v) is 1.59. The van der Waals surface area contributed by atoms with Gasteiger partial charge in [-0.3, -0.25) is 0 Å². The molecular formula is C6H6ClNOS. The number of hydrogen-bond acceptors (Lipinski definition) is 2. The Morgan fingerprint density at radius 2 is 2.40 bits per heavy atom. The van der Waals surface area contributed by atoms with Crippen LogP contribution in [0.15, 0.2) is 23.2 Å². The summed E-state index contributed by atoms with van der Waals surface area (Å²) in [6.45, 7) is 0. The molecule has 1 aromatic rings. The molecule has 2 nitrogen and oxygen atoms in total. The van der Waals surface area contributed by atoms with E-state index in [0.29, 0.717) is 10.0 Å². The lowest BCUT2D eigenvalue weighted by molar-refractivity contribution is 0.600. The Labute approximate surface area is 67.4 Å². The van der Waals surface area contributed by atoms with Crippen LogP contribution < -0.4 is 0 Å². The topological polar surface area (TPSA) is 36.0 Å². The van der Waals surface area contributed by atoms with E-state index < -0.39 is 11.2 Å². The molecule has 0 saturated heterocycles. The summed E-state index contributed by atoms with van der Waals surface area (Å²) < 4.78 is 10.9. The van der Waals surface area contributed by atoms with Gasteiger partial charge >= 0.3 is 0 Å². The highest BCUT2D eigenvalue weighted by molar-refractivity contribution is 7.90. The third-order valence-corrected chi connectivity index (χ3v) is 2.40. The molecule has 0 aliphatic carbocycles. The highest BCUT2D eigenvalue weighted by Crippen LogP contribution is 2.16. The molecule has 1 heterocycles. The monoisotopic (exact) mass is 175 g/mol. The van der Waals surface area contributed by atoms with Crippen LogP contribution in [-0.4, -0.2) is 15.8 Å². The zero-order valence-corrected chi connectivity index (χ0v) is 6.95. The number of hydrogen-bond donors (Lipinski definition) is 0. The van der Waals surface area contributed by atoms with Crippen LogP contribution in [0.3, 0.4) is 0 Å².